The van der Waals surface area contributed by atoms with E-state index in [4.69, 9.17) is 0 Å². The number of carboxylic acid groups (broad SMARTS) is 1. The number of hydrogen-bond donors (Lipinski definition) is 1. The van der Waals surface area contributed by atoms with Gasteiger partial charge in [0.2, 0.25) is 0 Å². The van der Waals surface area contributed by atoms with Crippen LogP contribution in [0.3, 0.4) is 0 Å². The zero-order valence-corrected chi connectivity index (χ0v) is 17.2. The topological polar surface area (TPSA) is 141 Å². The molecule has 1 aromatic carbocycles. The van der Waals surface area contributed by atoms with Gasteiger partial charge in [0.05, 0.1) is 16.5 Å². The largest absolute Gasteiger partial charge is 0.550 e. The van der Waals surface area contributed by atoms with Crippen LogP contribution in [0.15, 0.2) is 35.6 Å². The molecule has 0 aliphatic carbocycles. The molecule has 1 aliphatic heterocycles. The summed E-state index contributed by atoms with van der Waals surface area (Å²) in [6.07, 6.45) is 1.29. The standard InChI is InChI=1S/C21H26N2O7/c1-21(2,3)19(27)16-17(13-8-10-14(11-9-13)23(29)30)22(20(28)18(16)26)12-6-4-5-7-15(24)25/h8-11,17,26H,4-7,12H2,1-3H3,(H,24,25)/p-1. The summed E-state index contributed by atoms with van der Waals surface area (Å²) in [7, 11) is 0. The Morgan fingerprint density at radius 2 is 1.73 bits per heavy atom. The number of Topliss-reactive ketones (excluding diaryl/α,β-unsaturated/α-hetero) is 1. The van der Waals surface area contributed by atoms with Crippen LogP contribution < -0.4 is 5.11 Å². The predicted molar refractivity (Wildman–Crippen MR) is 105 cm³/mol. The lowest BCUT2D eigenvalue weighted by atomic mass is 9.82. The van der Waals surface area contributed by atoms with Gasteiger partial charge in [0.15, 0.2) is 11.5 Å². The van der Waals surface area contributed by atoms with Gasteiger partial charge in [-0.15, -0.1) is 0 Å². The molecule has 1 amide bonds. The summed E-state index contributed by atoms with van der Waals surface area (Å²) in [4.78, 5) is 48.0. The third kappa shape index (κ3) is 5.03. The molecule has 0 bridgehead atoms. The fraction of sp³-hybridized carbons (Fsp3) is 0.476. The van der Waals surface area contributed by atoms with Gasteiger partial charge in [0.1, 0.15) is 0 Å². The Bertz CT molecular complexity index is 882. The predicted octanol–water partition coefficient (Wildman–Crippen LogP) is 2.22. The van der Waals surface area contributed by atoms with Gasteiger partial charge in [-0.05, 0) is 37.0 Å². The van der Waals surface area contributed by atoms with Crippen molar-refractivity contribution in [3.8, 4) is 0 Å². The van der Waals surface area contributed by atoms with Crippen molar-refractivity contribution in [1.82, 2.24) is 4.90 Å². The van der Waals surface area contributed by atoms with Gasteiger partial charge in [-0.3, -0.25) is 19.7 Å². The third-order valence-corrected chi connectivity index (χ3v) is 4.93. The van der Waals surface area contributed by atoms with Crippen LogP contribution in [0.1, 0.15) is 58.1 Å². The molecule has 1 aromatic rings. The second-order valence-electron chi connectivity index (χ2n) is 8.27. The quantitative estimate of drug-likeness (QED) is 0.369. The highest BCUT2D eigenvalue weighted by atomic mass is 16.6. The number of carbonyl (C=O) groups is 3. The van der Waals surface area contributed by atoms with Crippen LogP contribution in [0.2, 0.25) is 0 Å². The van der Waals surface area contributed by atoms with Gasteiger partial charge in [-0.2, -0.15) is 0 Å². The van der Waals surface area contributed by atoms with Gasteiger partial charge in [0.25, 0.3) is 11.6 Å². The Hall–Kier alpha value is -3.23. The summed E-state index contributed by atoms with van der Waals surface area (Å²) in [6.45, 7) is 5.22. The first-order valence-corrected chi connectivity index (χ1v) is 9.68. The summed E-state index contributed by atoms with van der Waals surface area (Å²) >= 11 is 0. The van der Waals surface area contributed by atoms with E-state index in [0.717, 1.165) is 0 Å². The summed E-state index contributed by atoms with van der Waals surface area (Å²) in [5.74, 6) is -2.84. The van der Waals surface area contributed by atoms with Gasteiger partial charge in [-0.1, -0.05) is 27.2 Å². The molecule has 1 heterocycles. The van der Waals surface area contributed by atoms with Gasteiger partial charge in [0, 0.05) is 30.1 Å². The first-order valence-electron chi connectivity index (χ1n) is 9.68. The van der Waals surface area contributed by atoms with E-state index in [9.17, 15) is 34.7 Å². The first-order chi connectivity index (χ1) is 13.9. The van der Waals surface area contributed by atoms with E-state index in [1.807, 2.05) is 0 Å². The molecule has 1 atom stereocenters. The fourth-order valence-corrected chi connectivity index (χ4v) is 3.37. The number of aliphatic hydroxyl groups excluding tert-OH is 1. The smallest absolute Gasteiger partial charge is 0.290 e. The first kappa shape index (κ1) is 23.1. The van der Waals surface area contributed by atoms with Crippen molar-refractivity contribution in [3.05, 3.63) is 51.3 Å². The van der Waals surface area contributed by atoms with Crippen LogP contribution >= 0.6 is 0 Å². The number of rotatable bonds is 9. The summed E-state index contributed by atoms with van der Waals surface area (Å²) < 4.78 is 0. The molecule has 9 heteroatoms. The molecular formula is C21H25N2O7-. The highest BCUT2D eigenvalue weighted by Crippen LogP contribution is 2.41. The molecule has 0 radical (unpaired) electrons. The van der Waals surface area contributed by atoms with E-state index in [1.165, 1.54) is 29.2 Å². The van der Waals surface area contributed by atoms with Crippen molar-refractivity contribution < 1.29 is 29.5 Å². The minimum atomic E-state index is -1.15. The number of benzene rings is 1. The Balaban J connectivity index is 2.36. The molecule has 30 heavy (non-hydrogen) atoms. The number of unbranched alkanes of at least 4 members (excludes halogenated alkanes) is 2. The molecule has 9 nitrogen and oxygen atoms in total. The Kier molecular flexibility index (Phi) is 6.96. The molecule has 1 unspecified atom stereocenters. The van der Waals surface area contributed by atoms with Crippen molar-refractivity contribution in [2.75, 3.05) is 6.54 Å². The number of nitro groups is 1. The number of carboxylic acids is 1. The summed E-state index contributed by atoms with van der Waals surface area (Å²) in [5, 5.41) is 32.0. The molecule has 0 aromatic heterocycles. The second-order valence-corrected chi connectivity index (χ2v) is 8.27. The highest BCUT2D eigenvalue weighted by Gasteiger charge is 2.45. The minimum absolute atomic E-state index is 0.0314. The van der Waals surface area contributed by atoms with E-state index < -0.39 is 39.8 Å². The molecule has 0 fully saturated rings. The van der Waals surface area contributed by atoms with E-state index >= 15 is 0 Å². The Morgan fingerprint density at radius 3 is 2.23 bits per heavy atom. The van der Waals surface area contributed by atoms with E-state index in [0.29, 0.717) is 24.8 Å². The normalized spacial score (nSPS) is 16.8. The van der Waals surface area contributed by atoms with Gasteiger partial charge < -0.3 is 19.9 Å². The second kappa shape index (κ2) is 9.06. The number of nitro benzene ring substituents is 1. The third-order valence-electron chi connectivity index (χ3n) is 4.93. The van der Waals surface area contributed by atoms with Crippen LogP contribution in [0.4, 0.5) is 5.69 Å². The Labute approximate surface area is 174 Å². The number of aliphatic hydroxyl groups is 1. The molecule has 0 saturated heterocycles. The van der Waals surface area contributed by atoms with Crippen LogP contribution in [-0.2, 0) is 14.4 Å². The maximum absolute atomic E-state index is 13.0. The summed E-state index contributed by atoms with van der Waals surface area (Å²) in [6, 6.07) is 4.63. The SMILES string of the molecule is CC(C)(C)C(=O)C1=C(O)C(=O)N(CCCCCC(=O)[O-])C1c1ccc([N+](=O)[O-])cc1. The van der Waals surface area contributed by atoms with E-state index in [-0.39, 0.29) is 24.2 Å². The molecule has 1 aliphatic rings. The monoisotopic (exact) mass is 417 g/mol. The summed E-state index contributed by atoms with van der Waals surface area (Å²) in [5.41, 5.74) is -0.544. The average Bonchev–Trinajstić information content (AvgIpc) is 2.91. The van der Waals surface area contributed by atoms with Gasteiger partial charge in [-0.25, -0.2) is 0 Å². The number of carbonyl (C=O) groups excluding carboxylic acids is 3. The van der Waals surface area contributed by atoms with Crippen LogP contribution in [0.25, 0.3) is 0 Å². The maximum Gasteiger partial charge on any atom is 0.290 e. The Morgan fingerprint density at radius 1 is 1.13 bits per heavy atom. The number of aliphatic carboxylic acids is 1. The number of nitrogens with zero attached hydrogens (tertiary/aromatic N) is 2. The lowest BCUT2D eigenvalue weighted by molar-refractivity contribution is -0.384. The number of hydrogen-bond acceptors (Lipinski definition) is 7. The van der Waals surface area contributed by atoms with Crippen molar-refractivity contribution in [2.24, 2.45) is 5.41 Å². The van der Waals surface area contributed by atoms with Crippen LogP contribution in [0, 0.1) is 15.5 Å². The molecule has 0 spiro atoms. The lowest BCUT2D eigenvalue weighted by Gasteiger charge is -2.29. The number of amides is 1. The zero-order valence-electron chi connectivity index (χ0n) is 17.2. The van der Waals surface area contributed by atoms with Crippen LogP contribution in [0.5, 0.6) is 0 Å². The zero-order chi connectivity index (χ0) is 22.6. The molecule has 0 saturated carbocycles. The molecule has 2 rings (SSSR count). The molecular weight excluding hydrogens is 392 g/mol. The minimum Gasteiger partial charge on any atom is -0.550 e. The van der Waals surface area contributed by atoms with Crippen molar-refractivity contribution in [2.45, 2.75) is 52.5 Å². The maximum atomic E-state index is 13.0. The van der Waals surface area contributed by atoms with Crippen LogP contribution in [-0.4, -0.2) is 39.1 Å². The number of non-ortho nitro benzene ring substituents is 1. The van der Waals surface area contributed by atoms with Crippen molar-refractivity contribution >= 4 is 23.3 Å². The van der Waals surface area contributed by atoms with Gasteiger partial charge >= 0.3 is 0 Å². The van der Waals surface area contributed by atoms with E-state index in [2.05, 4.69) is 0 Å². The fourth-order valence-electron chi connectivity index (χ4n) is 3.37. The average molecular weight is 417 g/mol. The molecule has 162 valence electrons. The molecule has 1 N–H and O–H groups in total. The van der Waals surface area contributed by atoms with Crippen molar-refractivity contribution in [1.29, 1.82) is 0 Å². The van der Waals surface area contributed by atoms with E-state index in [1.54, 1.807) is 20.8 Å². The van der Waals surface area contributed by atoms with Crippen molar-refractivity contribution in [3.63, 3.8) is 0 Å². The number of ketones is 1. The lowest BCUT2D eigenvalue weighted by Crippen LogP contribution is -2.33. The highest BCUT2D eigenvalue weighted by molar-refractivity contribution is 6.10.